The number of ether oxygens (including phenoxy) is 1. The van der Waals surface area contributed by atoms with Crippen molar-refractivity contribution in [3.05, 3.63) is 60.0 Å². The number of aromatic amines is 1. The predicted octanol–water partition coefficient (Wildman–Crippen LogP) is 4.52. The SMILES string of the molecule is COc1ccc2[nH]cc(C3CCN(C(C)C(=O)Nc4cccc(F)c4)CC3)c2c1. The van der Waals surface area contributed by atoms with Crippen LogP contribution in [0.25, 0.3) is 10.9 Å². The molecule has 3 aromatic rings. The summed E-state index contributed by atoms with van der Waals surface area (Å²) in [5.74, 6) is 0.849. The number of aromatic nitrogens is 1. The summed E-state index contributed by atoms with van der Waals surface area (Å²) in [7, 11) is 1.68. The second kappa shape index (κ2) is 8.25. The number of hydrogen-bond donors (Lipinski definition) is 2. The molecule has 0 saturated carbocycles. The number of benzene rings is 2. The number of halogens is 1. The molecule has 1 atom stereocenters. The van der Waals surface area contributed by atoms with E-state index in [0.717, 1.165) is 37.2 Å². The molecule has 1 aliphatic rings. The Morgan fingerprint density at radius 3 is 2.76 bits per heavy atom. The van der Waals surface area contributed by atoms with E-state index < -0.39 is 0 Å². The van der Waals surface area contributed by atoms with Crippen molar-refractivity contribution in [1.82, 2.24) is 9.88 Å². The van der Waals surface area contributed by atoms with E-state index in [9.17, 15) is 9.18 Å². The number of amides is 1. The topological polar surface area (TPSA) is 57.4 Å². The van der Waals surface area contributed by atoms with Crippen LogP contribution in [0.5, 0.6) is 5.75 Å². The molecule has 6 heteroatoms. The van der Waals surface area contributed by atoms with Gasteiger partial charge in [-0.2, -0.15) is 0 Å². The van der Waals surface area contributed by atoms with Gasteiger partial charge in [0.2, 0.25) is 5.91 Å². The number of carbonyl (C=O) groups is 1. The predicted molar refractivity (Wildman–Crippen MR) is 113 cm³/mol. The summed E-state index contributed by atoms with van der Waals surface area (Å²) < 4.78 is 18.7. The summed E-state index contributed by atoms with van der Waals surface area (Å²) in [5, 5.41) is 4.02. The van der Waals surface area contributed by atoms with Crippen molar-refractivity contribution in [2.45, 2.75) is 31.7 Å². The van der Waals surface area contributed by atoms with Crippen LogP contribution in [0.4, 0.5) is 10.1 Å². The highest BCUT2D eigenvalue weighted by atomic mass is 19.1. The Kier molecular flexibility index (Phi) is 5.53. The van der Waals surface area contributed by atoms with Gasteiger partial charge in [-0.15, -0.1) is 0 Å². The Bertz CT molecular complexity index is 1010. The number of piperidine rings is 1. The quantitative estimate of drug-likeness (QED) is 0.668. The average molecular weight is 395 g/mol. The van der Waals surface area contributed by atoms with Crippen LogP contribution in [-0.4, -0.2) is 42.0 Å². The fraction of sp³-hybridized carbons (Fsp3) is 0.348. The maximum absolute atomic E-state index is 13.3. The van der Waals surface area contributed by atoms with Crippen LogP contribution in [0.3, 0.4) is 0 Å². The van der Waals surface area contributed by atoms with Gasteiger partial charge >= 0.3 is 0 Å². The van der Waals surface area contributed by atoms with Gasteiger partial charge in [0, 0.05) is 22.8 Å². The van der Waals surface area contributed by atoms with Crippen LogP contribution < -0.4 is 10.1 Å². The summed E-state index contributed by atoms with van der Waals surface area (Å²) in [6.45, 7) is 3.60. The summed E-state index contributed by atoms with van der Waals surface area (Å²) in [6, 6.07) is 11.8. The molecule has 0 radical (unpaired) electrons. The highest BCUT2D eigenvalue weighted by molar-refractivity contribution is 5.94. The normalized spacial score (nSPS) is 16.7. The van der Waals surface area contributed by atoms with Gasteiger partial charge in [0.1, 0.15) is 11.6 Å². The molecule has 29 heavy (non-hydrogen) atoms. The van der Waals surface area contributed by atoms with Gasteiger partial charge < -0.3 is 15.0 Å². The van der Waals surface area contributed by atoms with Gasteiger partial charge in [0.25, 0.3) is 0 Å². The number of hydrogen-bond acceptors (Lipinski definition) is 3. The lowest BCUT2D eigenvalue weighted by Gasteiger charge is -2.35. The molecule has 1 aromatic heterocycles. The maximum atomic E-state index is 13.3. The van der Waals surface area contributed by atoms with Crippen molar-refractivity contribution in [1.29, 1.82) is 0 Å². The van der Waals surface area contributed by atoms with E-state index in [1.165, 1.54) is 23.1 Å². The Balaban J connectivity index is 1.39. The molecule has 2 heterocycles. The third-order valence-electron chi connectivity index (χ3n) is 5.91. The van der Waals surface area contributed by atoms with Gasteiger partial charge in [-0.1, -0.05) is 6.07 Å². The van der Waals surface area contributed by atoms with Crippen molar-refractivity contribution in [3.8, 4) is 5.75 Å². The van der Waals surface area contributed by atoms with Gasteiger partial charge in [-0.3, -0.25) is 9.69 Å². The fourth-order valence-electron chi connectivity index (χ4n) is 4.16. The van der Waals surface area contributed by atoms with E-state index in [-0.39, 0.29) is 17.8 Å². The van der Waals surface area contributed by atoms with E-state index in [2.05, 4.69) is 27.5 Å². The Morgan fingerprint density at radius 2 is 2.03 bits per heavy atom. The molecule has 1 fully saturated rings. The third-order valence-corrected chi connectivity index (χ3v) is 5.91. The highest BCUT2D eigenvalue weighted by Gasteiger charge is 2.28. The monoisotopic (exact) mass is 395 g/mol. The molecule has 2 N–H and O–H groups in total. The first-order valence-electron chi connectivity index (χ1n) is 10.0. The summed E-state index contributed by atoms with van der Waals surface area (Å²) >= 11 is 0. The molecule has 1 amide bonds. The zero-order chi connectivity index (χ0) is 20.4. The largest absolute Gasteiger partial charge is 0.497 e. The van der Waals surface area contributed by atoms with Crippen LogP contribution in [0.2, 0.25) is 0 Å². The molecular weight excluding hydrogens is 369 g/mol. The molecule has 152 valence electrons. The number of anilines is 1. The van der Waals surface area contributed by atoms with Crippen molar-refractivity contribution in [2.24, 2.45) is 0 Å². The molecule has 1 saturated heterocycles. The minimum absolute atomic E-state index is 0.106. The third kappa shape index (κ3) is 4.12. The van der Waals surface area contributed by atoms with Crippen molar-refractivity contribution in [3.63, 3.8) is 0 Å². The Hall–Kier alpha value is -2.86. The van der Waals surface area contributed by atoms with E-state index in [0.29, 0.717) is 11.6 Å². The van der Waals surface area contributed by atoms with Crippen LogP contribution in [0, 0.1) is 5.82 Å². The number of likely N-dealkylation sites (tertiary alicyclic amines) is 1. The molecule has 1 aliphatic heterocycles. The molecule has 5 nitrogen and oxygen atoms in total. The lowest BCUT2D eigenvalue weighted by Crippen LogP contribution is -2.45. The van der Waals surface area contributed by atoms with Crippen molar-refractivity contribution < 1.29 is 13.9 Å². The first-order chi connectivity index (χ1) is 14.0. The molecule has 0 bridgehead atoms. The van der Waals surface area contributed by atoms with Gasteiger partial charge in [-0.25, -0.2) is 4.39 Å². The lowest BCUT2D eigenvalue weighted by molar-refractivity contribution is -0.121. The highest BCUT2D eigenvalue weighted by Crippen LogP contribution is 2.35. The number of carbonyl (C=O) groups excluding carboxylic acids is 1. The van der Waals surface area contributed by atoms with Crippen LogP contribution in [0.15, 0.2) is 48.7 Å². The molecule has 0 aliphatic carbocycles. The first kappa shape index (κ1) is 19.5. The summed E-state index contributed by atoms with van der Waals surface area (Å²) in [4.78, 5) is 18.1. The van der Waals surface area contributed by atoms with Gasteiger partial charge in [0.05, 0.1) is 13.2 Å². The zero-order valence-electron chi connectivity index (χ0n) is 16.7. The van der Waals surface area contributed by atoms with E-state index in [1.54, 1.807) is 19.2 Å². The number of H-pyrrole nitrogens is 1. The number of nitrogens with zero attached hydrogens (tertiary/aromatic N) is 1. The number of fused-ring (bicyclic) bond motifs is 1. The van der Waals surface area contributed by atoms with Crippen LogP contribution in [-0.2, 0) is 4.79 Å². The first-order valence-corrected chi connectivity index (χ1v) is 10.0. The Morgan fingerprint density at radius 1 is 1.24 bits per heavy atom. The standard InChI is InChI=1S/C23H26FN3O2/c1-15(23(28)26-18-5-3-4-17(24)12-18)27-10-8-16(9-11-27)21-14-25-22-7-6-19(29-2)13-20(21)22/h3-7,12-16,25H,8-11H2,1-2H3,(H,26,28). The number of nitrogens with one attached hydrogen (secondary N) is 2. The van der Waals surface area contributed by atoms with E-state index >= 15 is 0 Å². The van der Waals surface area contributed by atoms with Crippen molar-refractivity contribution >= 4 is 22.5 Å². The molecule has 4 rings (SSSR count). The zero-order valence-corrected chi connectivity index (χ0v) is 16.7. The minimum Gasteiger partial charge on any atom is -0.497 e. The van der Waals surface area contributed by atoms with E-state index in [4.69, 9.17) is 4.74 Å². The number of rotatable bonds is 5. The van der Waals surface area contributed by atoms with Crippen LogP contribution >= 0.6 is 0 Å². The van der Waals surface area contributed by atoms with Gasteiger partial charge in [-0.05, 0) is 80.7 Å². The lowest BCUT2D eigenvalue weighted by atomic mass is 9.88. The molecular formula is C23H26FN3O2. The number of methoxy groups -OCH3 is 1. The second-order valence-corrected chi connectivity index (χ2v) is 7.64. The Labute approximate surface area is 169 Å². The summed E-state index contributed by atoms with van der Waals surface area (Å²) in [5.41, 5.74) is 2.92. The maximum Gasteiger partial charge on any atom is 0.241 e. The fourth-order valence-corrected chi connectivity index (χ4v) is 4.16. The minimum atomic E-state index is -0.355. The van der Waals surface area contributed by atoms with Crippen molar-refractivity contribution in [2.75, 3.05) is 25.5 Å². The average Bonchev–Trinajstić information content (AvgIpc) is 3.16. The molecule has 1 unspecified atom stereocenters. The summed E-state index contributed by atoms with van der Waals surface area (Å²) in [6.07, 6.45) is 4.08. The molecule has 2 aromatic carbocycles. The van der Waals surface area contributed by atoms with E-state index in [1.807, 2.05) is 19.1 Å². The van der Waals surface area contributed by atoms with Gasteiger partial charge in [0.15, 0.2) is 0 Å². The molecule has 0 spiro atoms. The van der Waals surface area contributed by atoms with Crippen LogP contribution in [0.1, 0.15) is 31.2 Å². The second-order valence-electron chi connectivity index (χ2n) is 7.64. The smallest absolute Gasteiger partial charge is 0.241 e.